The molecule has 5 heteroatoms. The highest BCUT2D eigenvalue weighted by Gasteiger charge is 2.52. The number of carbonyl (C=O) groups excluding carboxylic acids is 2. The molecule has 0 aromatic carbocycles. The minimum atomic E-state index is -0.659. The number of hydrogen-bond acceptors (Lipinski definition) is 4. The Bertz CT molecular complexity index is 388. The van der Waals surface area contributed by atoms with Gasteiger partial charge in [0.05, 0.1) is 12.4 Å². The first-order chi connectivity index (χ1) is 9.49. The number of thioether (sulfide) groups is 1. The molecular formula is C15H23NO3S. The third-order valence-electron chi connectivity index (χ3n) is 5.19. The topological polar surface area (TPSA) is 55.4 Å². The van der Waals surface area contributed by atoms with Crippen LogP contribution in [-0.4, -0.2) is 29.1 Å². The third kappa shape index (κ3) is 2.69. The molecule has 0 radical (unpaired) electrons. The number of amides is 2. The Morgan fingerprint density at radius 1 is 1.15 bits per heavy atom. The van der Waals surface area contributed by atoms with Gasteiger partial charge in [-0.05, 0) is 63.2 Å². The first-order valence-corrected chi connectivity index (χ1v) is 8.44. The number of nitrogens with one attached hydrogen (secondary N) is 1. The van der Waals surface area contributed by atoms with Crippen LogP contribution in [0.15, 0.2) is 0 Å². The molecule has 0 saturated heterocycles. The highest BCUT2D eigenvalue weighted by molar-refractivity contribution is 8.01. The van der Waals surface area contributed by atoms with Crippen LogP contribution >= 0.6 is 11.8 Å². The van der Waals surface area contributed by atoms with Crippen LogP contribution in [0.5, 0.6) is 0 Å². The Morgan fingerprint density at radius 3 is 2.10 bits per heavy atom. The first-order valence-electron chi connectivity index (χ1n) is 7.56. The molecule has 0 aliphatic heterocycles. The van der Waals surface area contributed by atoms with E-state index in [-0.39, 0.29) is 11.2 Å². The van der Waals surface area contributed by atoms with Crippen molar-refractivity contribution in [1.29, 1.82) is 0 Å². The number of hydrogen-bond donors (Lipinski definition) is 1. The summed E-state index contributed by atoms with van der Waals surface area (Å²) in [6.45, 7) is 1.90. The molecule has 0 unspecified atom stereocenters. The van der Waals surface area contributed by atoms with Crippen molar-refractivity contribution in [3.05, 3.63) is 0 Å². The minimum Gasteiger partial charge on any atom is -0.453 e. The molecule has 4 aliphatic rings. The monoisotopic (exact) mass is 297 g/mol. The number of imide groups is 1. The zero-order valence-corrected chi connectivity index (χ0v) is 13.0. The van der Waals surface area contributed by atoms with Crippen molar-refractivity contribution >= 4 is 23.8 Å². The maximum atomic E-state index is 12.0. The lowest BCUT2D eigenvalue weighted by molar-refractivity contribution is -0.119. The first kappa shape index (κ1) is 14.2. The lowest BCUT2D eigenvalue weighted by Crippen LogP contribution is -2.50. The predicted molar refractivity (Wildman–Crippen MR) is 78.5 cm³/mol. The maximum Gasteiger partial charge on any atom is 0.413 e. The fourth-order valence-corrected chi connectivity index (χ4v) is 6.77. The second kappa shape index (κ2) is 5.24. The molecule has 4 fully saturated rings. The molecule has 4 nitrogen and oxygen atoms in total. The fourth-order valence-electron chi connectivity index (χ4n) is 4.86. The summed E-state index contributed by atoms with van der Waals surface area (Å²) >= 11 is 1.80. The van der Waals surface area contributed by atoms with E-state index in [0.717, 1.165) is 17.8 Å². The second-order valence-corrected chi connectivity index (χ2v) is 8.65. The molecule has 0 aromatic rings. The van der Waals surface area contributed by atoms with Crippen molar-refractivity contribution in [3.63, 3.8) is 0 Å². The summed E-state index contributed by atoms with van der Waals surface area (Å²) in [5.41, 5.74) is 0. The van der Waals surface area contributed by atoms with Crippen LogP contribution in [0.2, 0.25) is 0 Å². The molecular weight excluding hydrogens is 274 g/mol. The molecule has 4 aliphatic carbocycles. The van der Waals surface area contributed by atoms with Gasteiger partial charge >= 0.3 is 6.09 Å². The summed E-state index contributed by atoms with van der Waals surface area (Å²) in [4.78, 5) is 23.1. The van der Waals surface area contributed by atoms with Crippen LogP contribution in [-0.2, 0) is 9.53 Å². The van der Waals surface area contributed by atoms with Crippen LogP contribution < -0.4 is 5.32 Å². The van der Waals surface area contributed by atoms with Gasteiger partial charge in [0.2, 0.25) is 5.91 Å². The summed E-state index contributed by atoms with van der Waals surface area (Å²) in [6.07, 6.45) is 7.35. The highest BCUT2D eigenvalue weighted by Crippen LogP contribution is 2.61. The SMILES string of the molecule is COC(=O)NC(=O)[C@H](C)SC12CC3CC(CC(C3)C1)C2. The summed E-state index contributed by atoms with van der Waals surface area (Å²) in [5, 5.41) is 2.10. The number of methoxy groups -OCH3 is 1. The Balaban J connectivity index is 1.62. The number of alkyl carbamates (subject to hydrolysis) is 1. The Kier molecular flexibility index (Phi) is 3.73. The molecule has 0 spiro atoms. The van der Waals surface area contributed by atoms with E-state index in [0.29, 0.717) is 4.75 Å². The van der Waals surface area contributed by atoms with Gasteiger partial charge < -0.3 is 4.74 Å². The fraction of sp³-hybridized carbons (Fsp3) is 0.867. The number of ether oxygens (including phenoxy) is 1. The van der Waals surface area contributed by atoms with E-state index < -0.39 is 6.09 Å². The van der Waals surface area contributed by atoms with E-state index in [1.807, 2.05) is 6.92 Å². The van der Waals surface area contributed by atoms with Gasteiger partial charge in [0.15, 0.2) is 0 Å². The zero-order chi connectivity index (χ0) is 14.3. The standard InChI is InChI=1S/C15H23NO3S/c1-9(13(17)16-14(18)19-2)20-15-6-10-3-11(7-15)5-12(4-10)8-15/h9-12H,3-8H2,1-2H3,(H,16,17,18)/t9-,10?,11?,12?,15?/m0/s1. The smallest absolute Gasteiger partial charge is 0.413 e. The van der Waals surface area contributed by atoms with Crippen molar-refractivity contribution in [3.8, 4) is 0 Å². The van der Waals surface area contributed by atoms with Gasteiger partial charge in [-0.25, -0.2) is 4.79 Å². The third-order valence-corrected chi connectivity index (χ3v) is 6.76. The highest BCUT2D eigenvalue weighted by atomic mass is 32.2. The lowest BCUT2D eigenvalue weighted by atomic mass is 9.56. The van der Waals surface area contributed by atoms with Crippen molar-refractivity contribution in [1.82, 2.24) is 5.32 Å². The summed E-state index contributed by atoms with van der Waals surface area (Å²) in [6, 6.07) is 0. The minimum absolute atomic E-state index is 0.189. The molecule has 4 bridgehead atoms. The summed E-state index contributed by atoms with van der Waals surface area (Å²) in [5.74, 6) is 2.41. The quantitative estimate of drug-likeness (QED) is 0.870. The maximum absolute atomic E-state index is 12.0. The molecule has 2 amide bonds. The van der Waals surface area contributed by atoms with Crippen molar-refractivity contribution in [2.45, 2.75) is 55.4 Å². The molecule has 20 heavy (non-hydrogen) atoms. The van der Waals surface area contributed by atoms with Crippen molar-refractivity contribution in [2.75, 3.05) is 7.11 Å². The van der Waals surface area contributed by atoms with E-state index >= 15 is 0 Å². The van der Waals surface area contributed by atoms with Gasteiger partial charge in [-0.2, -0.15) is 0 Å². The molecule has 1 atom stereocenters. The lowest BCUT2D eigenvalue weighted by Gasteiger charge is -2.56. The number of rotatable bonds is 3. The Hall–Kier alpha value is -0.710. The molecule has 1 N–H and O–H groups in total. The molecule has 112 valence electrons. The molecule has 4 rings (SSSR count). The molecule has 0 aromatic heterocycles. The van der Waals surface area contributed by atoms with E-state index in [1.165, 1.54) is 45.6 Å². The summed E-state index contributed by atoms with van der Waals surface area (Å²) in [7, 11) is 1.28. The second-order valence-electron chi connectivity index (χ2n) is 6.84. The number of carbonyl (C=O) groups is 2. The van der Waals surface area contributed by atoms with Gasteiger partial charge in [0.1, 0.15) is 0 Å². The van der Waals surface area contributed by atoms with Crippen molar-refractivity contribution < 1.29 is 14.3 Å². The molecule has 4 saturated carbocycles. The normalized spacial score (nSPS) is 39.4. The van der Waals surface area contributed by atoms with E-state index in [4.69, 9.17) is 0 Å². The van der Waals surface area contributed by atoms with Gasteiger partial charge in [0.25, 0.3) is 0 Å². The van der Waals surface area contributed by atoms with Crippen LogP contribution in [0, 0.1) is 17.8 Å². The van der Waals surface area contributed by atoms with Crippen LogP contribution in [0.25, 0.3) is 0 Å². The predicted octanol–water partition coefficient (Wildman–Crippen LogP) is 2.96. The van der Waals surface area contributed by atoms with Gasteiger partial charge in [-0.15, -0.1) is 11.8 Å². The van der Waals surface area contributed by atoms with E-state index in [2.05, 4.69) is 10.1 Å². The van der Waals surface area contributed by atoms with Crippen LogP contribution in [0.1, 0.15) is 45.4 Å². The Morgan fingerprint density at radius 2 is 1.65 bits per heavy atom. The molecule has 0 heterocycles. The van der Waals surface area contributed by atoms with Crippen LogP contribution in [0.4, 0.5) is 4.79 Å². The largest absolute Gasteiger partial charge is 0.453 e. The van der Waals surface area contributed by atoms with Crippen LogP contribution in [0.3, 0.4) is 0 Å². The van der Waals surface area contributed by atoms with Gasteiger partial charge in [-0.1, -0.05) is 0 Å². The zero-order valence-electron chi connectivity index (χ0n) is 12.2. The van der Waals surface area contributed by atoms with E-state index in [9.17, 15) is 9.59 Å². The van der Waals surface area contributed by atoms with Gasteiger partial charge in [0, 0.05) is 4.75 Å². The van der Waals surface area contributed by atoms with E-state index in [1.54, 1.807) is 11.8 Å². The Labute approximate surface area is 124 Å². The summed E-state index contributed by atoms with van der Waals surface area (Å²) < 4.78 is 4.78. The average molecular weight is 297 g/mol. The van der Waals surface area contributed by atoms with Crippen molar-refractivity contribution in [2.24, 2.45) is 17.8 Å². The van der Waals surface area contributed by atoms with Gasteiger partial charge in [-0.3, -0.25) is 10.1 Å². The average Bonchev–Trinajstić information content (AvgIpc) is 2.36.